The molecule has 0 aliphatic carbocycles. The fourth-order valence-corrected chi connectivity index (χ4v) is 4.71. The van der Waals surface area contributed by atoms with E-state index < -0.39 is 0 Å². The van der Waals surface area contributed by atoms with Crippen molar-refractivity contribution in [2.75, 3.05) is 46.4 Å². The van der Waals surface area contributed by atoms with Crippen LogP contribution in [0.4, 0.5) is 0 Å². The maximum absolute atomic E-state index is 12.5. The highest BCUT2D eigenvalue weighted by atomic mass is 32.1. The molecule has 3 unspecified atom stereocenters. The van der Waals surface area contributed by atoms with Gasteiger partial charge in [-0.3, -0.25) is 14.5 Å². The first kappa shape index (κ1) is 21.3. The zero-order chi connectivity index (χ0) is 19.9. The molecule has 28 heavy (non-hydrogen) atoms. The van der Waals surface area contributed by atoms with Crippen molar-refractivity contribution in [2.24, 2.45) is 0 Å². The van der Waals surface area contributed by atoms with Crippen LogP contribution in [0.15, 0.2) is 0 Å². The lowest BCUT2D eigenvalue weighted by Gasteiger charge is -2.37. The molecule has 0 radical (unpaired) electrons. The minimum atomic E-state index is -0.136. The molecule has 0 aromatic heterocycles. The van der Waals surface area contributed by atoms with Gasteiger partial charge in [-0.25, -0.2) is 0 Å². The maximum Gasteiger partial charge on any atom is 0.237 e. The van der Waals surface area contributed by atoms with E-state index in [1.54, 1.807) is 7.11 Å². The average Bonchev–Trinajstić information content (AvgIpc) is 3.12. The molecule has 0 aromatic carbocycles. The minimum absolute atomic E-state index is 0.0844. The molecule has 0 saturated carbocycles. The van der Waals surface area contributed by atoms with Crippen LogP contribution in [0.2, 0.25) is 0 Å². The minimum Gasteiger partial charge on any atom is -0.383 e. The number of hydrogen-bond donors (Lipinski definition) is 3. The molecular formula is C19H33N5O3S. The van der Waals surface area contributed by atoms with Gasteiger partial charge in [0, 0.05) is 58.3 Å². The monoisotopic (exact) mass is 411 g/mol. The Morgan fingerprint density at radius 3 is 2.86 bits per heavy atom. The van der Waals surface area contributed by atoms with Crippen LogP contribution >= 0.6 is 12.2 Å². The predicted octanol–water partition coefficient (Wildman–Crippen LogP) is -0.169. The summed E-state index contributed by atoms with van der Waals surface area (Å²) in [7, 11) is 1.65. The third-order valence-electron chi connectivity index (χ3n) is 5.95. The molecule has 8 nitrogen and oxygen atoms in total. The molecule has 3 aliphatic rings. The number of fused-ring (bicyclic) bond motifs is 1. The number of rotatable bonds is 7. The average molecular weight is 412 g/mol. The van der Waals surface area contributed by atoms with Gasteiger partial charge in [-0.15, -0.1) is 0 Å². The Morgan fingerprint density at radius 2 is 2.11 bits per heavy atom. The van der Waals surface area contributed by atoms with Gasteiger partial charge >= 0.3 is 0 Å². The molecule has 158 valence electrons. The van der Waals surface area contributed by atoms with Gasteiger partial charge in [0.25, 0.3) is 0 Å². The number of ether oxygens (including phenoxy) is 1. The Bertz CT molecular complexity index is 570. The second kappa shape index (κ2) is 10.4. The summed E-state index contributed by atoms with van der Waals surface area (Å²) in [5.74, 6) is 0.340. The lowest BCUT2D eigenvalue weighted by molar-refractivity contribution is -0.133. The number of likely N-dealkylation sites (tertiary alicyclic amines) is 1. The first-order chi connectivity index (χ1) is 13.6. The van der Waals surface area contributed by atoms with Gasteiger partial charge in [-0.1, -0.05) is 0 Å². The van der Waals surface area contributed by atoms with Crippen molar-refractivity contribution < 1.29 is 14.3 Å². The second-order valence-electron chi connectivity index (χ2n) is 7.92. The van der Waals surface area contributed by atoms with Gasteiger partial charge in [-0.2, -0.15) is 0 Å². The molecular weight excluding hydrogens is 378 g/mol. The third kappa shape index (κ3) is 5.55. The zero-order valence-electron chi connectivity index (χ0n) is 16.7. The lowest BCUT2D eigenvalue weighted by Crippen LogP contribution is -2.58. The quantitative estimate of drug-likeness (QED) is 0.396. The van der Waals surface area contributed by atoms with Gasteiger partial charge < -0.3 is 25.6 Å². The standard InChI is InChI=1S/C19H33N5O3S/c1-27-10-7-20-19(28)22-14-11-16-18(26)21-12-15(24(16)13-14)5-6-17(25)23-8-3-2-4-9-23/h14-16H,2-13H2,1H3,(H,21,26)(H2,20,22,28). The fraction of sp³-hybridized carbons (Fsp3) is 0.842. The van der Waals surface area contributed by atoms with E-state index in [4.69, 9.17) is 17.0 Å². The molecule has 3 N–H and O–H groups in total. The summed E-state index contributed by atoms with van der Waals surface area (Å²) in [6.07, 6.45) is 5.53. The molecule has 0 bridgehead atoms. The van der Waals surface area contributed by atoms with Crippen molar-refractivity contribution in [3.05, 3.63) is 0 Å². The van der Waals surface area contributed by atoms with Gasteiger partial charge in [0.05, 0.1) is 12.6 Å². The number of piperazine rings is 1. The van der Waals surface area contributed by atoms with E-state index in [1.807, 2.05) is 4.90 Å². The Labute approximate surface area is 172 Å². The van der Waals surface area contributed by atoms with Crippen LogP contribution in [-0.4, -0.2) is 91.3 Å². The van der Waals surface area contributed by atoms with Gasteiger partial charge in [0.15, 0.2) is 5.11 Å². The number of carbonyl (C=O) groups excluding carboxylic acids is 2. The summed E-state index contributed by atoms with van der Waals surface area (Å²) in [5.41, 5.74) is 0. The highest BCUT2D eigenvalue weighted by Gasteiger charge is 2.43. The predicted molar refractivity (Wildman–Crippen MR) is 111 cm³/mol. The Hall–Kier alpha value is -1.45. The largest absolute Gasteiger partial charge is 0.383 e. The normalized spacial score (nSPS) is 27.8. The molecule has 3 atom stereocenters. The highest BCUT2D eigenvalue weighted by molar-refractivity contribution is 7.80. The number of piperidine rings is 1. The van der Waals surface area contributed by atoms with Crippen molar-refractivity contribution in [3.63, 3.8) is 0 Å². The summed E-state index contributed by atoms with van der Waals surface area (Å²) in [4.78, 5) is 29.1. The summed E-state index contributed by atoms with van der Waals surface area (Å²) in [6.45, 7) is 4.43. The summed E-state index contributed by atoms with van der Waals surface area (Å²) in [6, 6.07) is 0.207. The van der Waals surface area contributed by atoms with E-state index >= 15 is 0 Å². The van der Waals surface area contributed by atoms with Crippen molar-refractivity contribution >= 4 is 29.1 Å². The Balaban J connectivity index is 1.48. The summed E-state index contributed by atoms with van der Waals surface area (Å²) >= 11 is 5.34. The van der Waals surface area contributed by atoms with E-state index in [0.29, 0.717) is 31.2 Å². The number of carbonyl (C=O) groups is 2. The third-order valence-corrected chi connectivity index (χ3v) is 6.21. The number of nitrogens with one attached hydrogen (secondary N) is 3. The molecule has 3 heterocycles. The molecule has 2 amide bonds. The van der Waals surface area contributed by atoms with Crippen LogP contribution in [0.25, 0.3) is 0 Å². The zero-order valence-corrected chi connectivity index (χ0v) is 17.6. The topological polar surface area (TPSA) is 85.9 Å². The van der Waals surface area contributed by atoms with E-state index in [-0.39, 0.29) is 29.9 Å². The van der Waals surface area contributed by atoms with Crippen LogP contribution in [0.1, 0.15) is 38.5 Å². The summed E-state index contributed by atoms with van der Waals surface area (Å²) in [5, 5.41) is 10.1. The van der Waals surface area contributed by atoms with E-state index in [9.17, 15) is 9.59 Å². The first-order valence-corrected chi connectivity index (χ1v) is 10.8. The van der Waals surface area contributed by atoms with E-state index in [1.165, 1.54) is 6.42 Å². The fourth-order valence-electron chi connectivity index (χ4n) is 4.44. The van der Waals surface area contributed by atoms with Crippen LogP contribution in [0, 0.1) is 0 Å². The molecule has 9 heteroatoms. The number of nitrogens with zero attached hydrogens (tertiary/aromatic N) is 2. The molecule has 3 saturated heterocycles. The number of thiocarbonyl (C=S) groups is 1. The van der Waals surface area contributed by atoms with Crippen LogP contribution in [0.3, 0.4) is 0 Å². The van der Waals surface area contributed by atoms with Crippen molar-refractivity contribution in [1.29, 1.82) is 0 Å². The lowest BCUT2D eigenvalue weighted by atomic mass is 10.0. The maximum atomic E-state index is 12.5. The Morgan fingerprint density at radius 1 is 1.32 bits per heavy atom. The van der Waals surface area contributed by atoms with Crippen LogP contribution in [-0.2, 0) is 14.3 Å². The second-order valence-corrected chi connectivity index (χ2v) is 8.33. The van der Waals surface area contributed by atoms with Crippen molar-refractivity contribution in [3.8, 4) is 0 Å². The van der Waals surface area contributed by atoms with Crippen LogP contribution < -0.4 is 16.0 Å². The van der Waals surface area contributed by atoms with E-state index in [2.05, 4.69) is 20.9 Å². The first-order valence-electron chi connectivity index (χ1n) is 10.4. The number of amides is 2. The van der Waals surface area contributed by atoms with Gasteiger partial charge in [-0.05, 0) is 44.3 Å². The molecule has 3 rings (SSSR count). The van der Waals surface area contributed by atoms with E-state index in [0.717, 1.165) is 45.3 Å². The smallest absolute Gasteiger partial charge is 0.237 e. The SMILES string of the molecule is COCCNC(=S)NC1CC2C(=O)NCC(CCC(=O)N3CCCCC3)N2C1. The van der Waals surface area contributed by atoms with Crippen molar-refractivity contribution in [2.45, 2.75) is 56.7 Å². The number of methoxy groups -OCH3 is 1. The highest BCUT2D eigenvalue weighted by Crippen LogP contribution is 2.26. The van der Waals surface area contributed by atoms with Gasteiger partial charge in [0.2, 0.25) is 11.8 Å². The molecule has 3 aliphatic heterocycles. The summed E-state index contributed by atoms with van der Waals surface area (Å²) < 4.78 is 5.02. The molecule has 0 aromatic rings. The number of hydrogen-bond acceptors (Lipinski definition) is 5. The Kier molecular flexibility index (Phi) is 7.87. The molecule has 3 fully saturated rings. The van der Waals surface area contributed by atoms with Crippen molar-refractivity contribution in [1.82, 2.24) is 25.8 Å². The van der Waals surface area contributed by atoms with Crippen LogP contribution in [0.5, 0.6) is 0 Å². The molecule has 0 spiro atoms. The van der Waals surface area contributed by atoms with Gasteiger partial charge in [0.1, 0.15) is 0 Å².